The topological polar surface area (TPSA) is 24.9 Å². The summed E-state index contributed by atoms with van der Waals surface area (Å²) in [5, 5.41) is 4.61. The Balaban J connectivity index is 2.74. The van der Waals surface area contributed by atoms with Crippen LogP contribution in [-0.2, 0) is 0 Å². The van der Waals surface area contributed by atoms with E-state index >= 15 is 0 Å². The van der Waals surface area contributed by atoms with Gasteiger partial charge in [-0.05, 0) is 25.5 Å². The molecule has 0 amide bonds. The maximum Gasteiger partial charge on any atom is 0.101 e. The molecule has 2 nitrogen and oxygen atoms in total. The number of aromatic nitrogens is 1. The number of thioether (sulfide) groups is 1. The molecule has 0 fully saturated rings. The number of pyridine rings is 1. The first-order valence-electron chi connectivity index (χ1n) is 5.96. The molecule has 0 saturated carbocycles. The van der Waals surface area contributed by atoms with Gasteiger partial charge in [-0.25, -0.2) is 4.98 Å². The third kappa shape index (κ3) is 4.14. The second kappa shape index (κ2) is 6.92. The highest BCUT2D eigenvalue weighted by molar-refractivity contribution is 7.99. The van der Waals surface area contributed by atoms with Gasteiger partial charge in [0.05, 0.1) is 0 Å². The number of nitrogens with zero attached hydrogens (tertiary/aromatic N) is 1. The summed E-state index contributed by atoms with van der Waals surface area (Å²) in [5.41, 5.74) is 1.31. The van der Waals surface area contributed by atoms with Gasteiger partial charge in [0, 0.05) is 23.6 Å². The van der Waals surface area contributed by atoms with Gasteiger partial charge in [-0.3, -0.25) is 0 Å². The van der Waals surface area contributed by atoms with Gasteiger partial charge in [0.25, 0.3) is 0 Å². The molecule has 0 aliphatic rings. The van der Waals surface area contributed by atoms with Gasteiger partial charge in [-0.2, -0.15) is 0 Å². The molecule has 16 heavy (non-hydrogen) atoms. The van der Waals surface area contributed by atoms with Crippen LogP contribution in [0.25, 0.3) is 0 Å². The standard InChI is InChI=1S/C13H22N2S/c1-5-14-11(4)12-7-6-8-15-13(12)16-9-10(2)3/h6-8,10-11,14H,5,9H2,1-4H3. The Kier molecular flexibility index (Phi) is 5.85. The van der Waals surface area contributed by atoms with Crippen molar-refractivity contribution in [1.82, 2.24) is 10.3 Å². The third-order valence-electron chi connectivity index (χ3n) is 2.33. The Morgan fingerprint density at radius 3 is 2.75 bits per heavy atom. The first kappa shape index (κ1) is 13.5. The third-order valence-corrected chi connectivity index (χ3v) is 3.78. The van der Waals surface area contributed by atoms with Crippen molar-refractivity contribution in [2.75, 3.05) is 12.3 Å². The van der Waals surface area contributed by atoms with Crippen LogP contribution in [0.5, 0.6) is 0 Å². The molecule has 1 atom stereocenters. The van der Waals surface area contributed by atoms with Crippen molar-refractivity contribution < 1.29 is 0 Å². The largest absolute Gasteiger partial charge is 0.310 e. The number of hydrogen-bond acceptors (Lipinski definition) is 3. The fraction of sp³-hybridized carbons (Fsp3) is 0.615. The van der Waals surface area contributed by atoms with Crippen molar-refractivity contribution in [2.45, 2.75) is 38.8 Å². The van der Waals surface area contributed by atoms with Gasteiger partial charge in [0.1, 0.15) is 5.03 Å². The maximum absolute atomic E-state index is 4.48. The first-order valence-corrected chi connectivity index (χ1v) is 6.94. The van der Waals surface area contributed by atoms with Crippen molar-refractivity contribution in [1.29, 1.82) is 0 Å². The normalized spacial score (nSPS) is 13.1. The summed E-state index contributed by atoms with van der Waals surface area (Å²) in [7, 11) is 0. The van der Waals surface area contributed by atoms with E-state index < -0.39 is 0 Å². The van der Waals surface area contributed by atoms with Gasteiger partial charge in [0.2, 0.25) is 0 Å². The smallest absolute Gasteiger partial charge is 0.101 e. The van der Waals surface area contributed by atoms with Gasteiger partial charge in [-0.15, -0.1) is 11.8 Å². The average molecular weight is 238 g/mol. The molecule has 1 aromatic rings. The van der Waals surface area contributed by atoms with Gasteiger partial charge < -0.3 is 5.32 Å². The van der Waals surface area contributed by atoms with Crippen molar-refractivity contribution in [3.8, 4) is 0 Å². The second-order valence-electron chi connectivity index (χ2n) is 4.38. The fourth-order valence-corrected chi connectivity index (χ4v) is 2.55. The van der Waals surface area contributed by atoms with Crippen molar-refractivity contribution in [3.63, 3.8) is 0 Å². The Morgan fingerprint density at radius 2 is 2.12 bits per heavy atom. The Morgan fingerprint density at radius 1 is 1.38 bits per heavy atom. The minimum atomic E-state index is 0.383. The predicted octanol–water partition coefficient (Wildman–Crippen LogP) is 3.50. The zero-order chi connectivity index (χ0) is 12.0. The molecule has 90 valence electrons. The lowest BCUT2D eigenvalue weighted by atomic mass is 10.1. The van der Waals surface area contributed by atoms with E-state index in [1.807, 2.05) is 24.0 Å². The highest BCUT2D eigenvalue weighted by Crippen LogP contribution is 2.26. The Hall–Kier alpha value is -0.540. The van der Waals surface area contributed by atoms with Gasteiger partial charge in [0.15, 0.2) is 0 Å². The predicted molar refractivity (Wildman–Crippen MR) is 71.9 cm³/mol. The van der Waals surface area contributed by atoms with Crippen LogP contribution in [0.2, 0.25) is 0 Å². The summed E-state index contributed by atoms with van der Waals surface area (Å²) < 4.78 is 0. The summed E-state index contributed by atoms with van der Waals surface area (Å²) in [6, 6.07) is 4.57. The molecule has 0 saturated heterocycles. The zero-order valence-corrected chi connectivity index (χ0v) is 11.5. The van der Waals surface area contributed by atoms with Crippen molar-refractivity contribution in [2.24, 2.45) is 5.92 Å². The average Bonchev–Trinajstić information content (AvgIpc) is 2.27. The number of rotatable bonds is 6. The van der Waals surface area contributed by atoms with Crippen LogP contribution in [0.4, 0.5) is 0 Å². The monoisotopic (exact) mass is 238 g/mol. The SMILES string of the molecule is CCNC(C)c1cccnc1SCC(C)C. The molecule has 1 heterocycles. The van der Waals surface area contributed by atoms with Crippen LogP contribution in [0, 0.1) is 5.92 Å². The van der Waals surface area contributed by atoms with E-state index in [-0.39, 0.29) is 0 Å². The first-order chi connectivity index (χ1) is 7.65. The summed E-state index contributed by atoms with van der Waals surface area (Å²) in [6.07, 6.45) is 1.88. The minimum Gasteiger partial charge on any atom is -0.310 e. The lowest BCUT2D eigenvalue weighted by molar-refractivity contribution is 0.585. The van der Waals surface area contributed by atoms with Crippen LogP contribution in [-0.4, -0.2) is 17.3 Å². The van der Waals surface area contributed by atoms with E-state index in [1.54, 1.807) is 0 Å². The van der Waals surface area contributed by atoms with Gasteiger partial charge >= 0.3 is 0 Å². The highest BCUT2D eigenvalue weighted by atomic mass is 32.2. The summed E-state index contributed by atoms with van der Waals surface area (Å²) in [5.74, 6) is 1.83. The molecule has 1 aromatic heterocycles. The van der Waals surface area contributed by atoms with E-state index in [0.29, 0.717) is 12.0 Å². The van der Waals surface area contributed by atoms with E-state index in [0.717, 1.165) is 12.3 Å². The van der Waals surface area contributed by atoms with Crippen LogP contribution in [0.3, 0.4) is 0 Å². The molecule has 0 spiro atoms. The Labute approximate surface area is 103 Å². The number of hydrogen-bond donors (Lipinski definition) is 1. The molecule has 1 N–H and O–H groups in total. The maximum atomic E-state index is 4.48. The molecule has 1 unspecified atom stereocenters. The molecule has 3 heteroatoms. The number of nitrogens with one attached hydrogen (secondary N) is 1. The molecular weight excluding hydrogens is 216 g/mol. The van der Waals surface area contributed by atoms with Crippen molar-refractivity contribution >= 4 is 11.8 Å². The second-order valence-corrected chi connectivity index (χ2v) is 5.39. The molecule has 1 rings (SSSR count). The summed E-state index contributed by atoms with van der Waals surface area (Å²) >= 11 is 1.86. The van der Waals surface area contributed by atoms with Crippen molar-refractivity contribution in [3.05, 3.63) is 23.9 Å². The van der Waals surface area contributed by atoms with Crippen LogP contribution in [0.1, 0.15) is 39.3 Å². The lowest BCUT2D eigenvalue weighted by Crippen LogP contribution is -2.18. The Bertz CT molecular complexity index is 313. The van der Waals surface area contributed by atoms with Crippen LogP contribution < -0.4 is 5.32 Å². The molecule has 0 aromatic carbocycles. The lowest BCUT2D eigenvalue weighted by Gasteiger charge is -2.16. The summed E-state index contributed by atoms with van der Waals surface area (Å²) in [6.45, 7) is 9.80. The molecule has 0 radical (unpaired) electrons. The van der Waals surface area contributed by atoms with Crippen LogP contribution in [0.15, 0.2) is 23.4 Å². The molecule has 0 bridgehead atoms. The van der Waals surface area contributed by atoms with Gasteiger partial charge in [-0.1, -0.05) is 26.8 Å². The highest BCUT2D eigenvalue weighted by Gasteiger charge is 2.10. The zero-order valence-electron chi connectivity index (χ0n) is 10.7. The quantitative estimate of drug-likeness (QED) is 0.768. The molecule has 0 aliphatic carbocycles. The van der Waals surface area contributed by atoms with Crippen LogP contribution >= 0.6 is 11.8 Å². The van der Waals surface area contributed by atoms with E-state index in [4.69, 9.17) is 0 Å². The summed E-state index contributed by atoms with van der Waals surface area (Å²) in [4.78, 5) is 4.48. The fourth-order valence-electron chi connectivity index (χ4n) is 1.52. The minimum absolute atomic E-state index is 0.383. The van der Waals surface area contributed by atoms with E-state index in [1.165, 1.54) is 10.6 Å². The molecular formula is C13H22N2S. The van der Waals surface area contributed by atoms with E-state index in [9.17, 15) is 0 Å². The van der Waals surface area contributed by atoms with E-state index in [2.05, 4.69) is 44.1 Å². The molecule has 0 aliphatic heterocycles.